The maximum atomic E-state index is 12.9. The first-order valence-corrected chi connectivity index (χ1v) is 7.76. The van der Waals surface area contributed by atoms with Crippen molar-refractivity contribution >= 4 is 5.91 Å². The molecular formula is C15H25F3N2O. The summed E-state index contributed by atoms with van der Waals surface area (Å²) in [5, 5.41) is 3.15. The predicted octanol–water partition coefficient (Wildman–Crippen LogP) is 2.81. The second kappa shape index (κ2) is 5.78. The van der Waals surface area contributed by atoms with Crippen molar-refractivity contribution in [2.24, 2.45) is 17.3 Å². The summed E-state index contributed by atoms with van der Waals surface area (Å²) in [7, 11) is 0. The van der Waals surface area contributed by atoms with Gasteiger partial charge in [-0.15, -0.1) is 0 Å². The summed E-state index contributed by atoms with van der Waals surface area (Å²) in [5.74, 6) is -0.0590. The van der Waals surface area contributed by atoms with Crippen molar-refractivity contribution in [1.29, 1.82) is 0 Å². The summed E-state index contributed by atoms with van der Waals surface area (Å²) in [5.41, 5.74) is -0.686. The minimum Gasteiger partial charge on any atom is -0.330 e. The van der Waals surface area contributed by atoms with Gasteiger partial charge in [0.15, 0.2) is 0 Å². The highest BCUT2D eigenvalue weighted by atomic mass is 19.4. The van der Waals surface area contributed by atoms with E-state index >= 15 is 0 Å². The van der Waals surface area contributed by atoms with Gasteiger partial charge in [0.25, 0.3) is 0 Å². The van der Waals surface area contributed by atoms with Crippen LogP contribution in [-0.4, -0.2) is 42.7 Å². The van der Waals surface area contributed by atoms with Crippen LogP contribution in [0.2, 0.25) is 0 Å². The molecule has 0 spiro atoms. The number of amides is 1. The highest BCUT2D eigenvalue weighted by Gasteiger charge is 2.50. The Bertz CT molecular complexity index is 385. The third-order valence-electron chi connectivity index (χ3n) is 5.13. The molecule has 1 saturated heterocycles. The van der Waals surface area contributed by atoms with Crippen LogP contribution >= 0.6 is 0 Å². The Morgan fingerprint density at radius 1 is 1.33 bits per heavy atom. The van der Waals surface area contributed by atoms with E-state index < -0.39 is 18.1 Å². The Hall–Kier alpha value is -0.780. The molecule has 1 amide bonds. The molecule has 0 bridgehead atoms. The molecular weight excluding hydrogens is 281 g/mol. The van der Waals surface area contributed by atoms with E-state index in [1.165, 1.54) is 0 Å². The predicted molar refractivity (Wildman–Crippen MR) is 74.7 cm³/mol. The molecule has 21 heavy (non-hydrogen) atoms. The molecule has 3 nitrogen and oxygen atoms in total. The van der Waals surface area contributed by atoms with Crippen molar-refractivity contribution in [2.45, 2.75) is 52.3 Å². The number of alkyl halides is 3. The van der Waals surface area contributed by atoms with Crippen molar-refractivity contribution in [3.05, 3.63) is 0 Å². The fraction of sp³-hybridized carbons (Fsp3) is 0.933. The van der Waals surface area contributed by atoms with Gasteiger partial charge in [0.05, 0.1) is 5.41 Å². The normalized spacial score (nSPS) is 28.0. The molecule has 1 saturated carbocycles. The second-order valence-electron chi connectivity index (χ2n) is 6.86. The number of rotatable bonds is 5. The van der Waals surface area contributed by atoms with Crippen LogP contribution in [0.1, 0.15) is 40.0 Å². The molecule has 2 atom stereocenters. The van der Waals surface area contributed by atoms with Crippen molar-refractivity contribution in [1.82, 2.24) is 10.2 Å². The van der Waals surface area contributed by atoms with Gasteiger partial charge in [0.2, 0.25) is 5.91 Å². The lowest BCUT2D eigenvalue weighted by Gasteiger charge is -2.40. The summed E-state index contributed by atoms with van der Waals surface area (Å²) in [6, 6.07) is -0.324. The van der Waals surface area contributed by atoms with Gasteiger partial charge in [-0.05, 0) is 44.6 Å². The van der Waals surface area contributed by atoms with Crippen LogP contribution < -0.4 is 5.32 Å². The van der Waals surface area contributed by atoms with Crippen molar-refractivity contribution in [3.8, 4) is 0 Å². The Balaban J connectivity index is 2.23. The fourth-order valence-corrected chi connectivity index (χ4v) is 3.35. The number of carbonyl (C=O) groups is 1. The Kier molecular flexibility index (Phi) is 4.57. The third-order valence-corrected chi connectivity index (χ3v) is 5.13. The van der Waals surface area contributed by atoms with Gasteiger partial charge in [0, 0.05) is 12.6 Å². The van der Waals surface area contributed by atoms with E-state index in [1.807, 2.05) is 13.8 Å². The van der Waals surface area contributed by atoms with Gasteiger partial charge < -0.3 is 10.2 Å². The van der Waals surface area contributed by atoms with Gasteiger partial charge in [-0.3, -0.25) is 4.79 Å². The lowest BCUT2D eigenvalue weighted by Crippen LogP contribution is -2.54. The van der Waals surface area contributed by atoms with E-state index in [4.69, 9.17) is 0 Å². The van der Waals surface area contributed by atoms with E-state index in [0.717, 1.165) is 17.7 Å². The molecule has 0 aromatic heterocycles. The summed E-state index contributed by atoms with van der Waals surface area (Å²) in [6.45, 7) is 5.67. The van der Waals surface area contributed by atoms with Crippen molar-refractivity contribution < 1.29 is 18.0 Å². The van der Waals surface area contributed by atoms with Crippen LogP contribution in [0.3, 0.4) is 0 Å². The van der Waals surface area contributed by atoms with Crippen LogP contribution in [0.15, 0.2) is 0 Å². The van der Waals surface area contributed by atoms with Crippen LogP contribution in [0.5, 0.6) is 0 Å². The molecule has 6 heteroatoms. The number of nitrogens with zero attached hydrogens (tertiary/aromatic N) is 1. The molecule has 0 aromatic rings. The van der Waals surface area contributed by atoms with E-state index in [-0.39, 0.29) is 23.8 Å². The van der Waals surface area contributed by atoms with E-state index in [9.17, 15) is 18.0 Å². The van der Waals surface area contributed by atoms with E-state index in [0.29, 0.717) is 19.5 Å². The molecule has 2 fully saturated rings. The first-order valence-electron chi connectivity index (χ1n) is 7.76. The highest BCUT2D eigenvalue weighted by molar-refractivity contribution is 5.84. The molecule has 2 unspecified atom stereocenters. The molecule has 0 radical (unpaired) electrons. The van der Waals surface area contributed by atoms with Gasteiger partial charge in [-0.1, -0.05) is 13.8 Å². The largest absolute Gasteiger partial charge is 0.406 e. The first-order chi connectivity index (χ1) is 9.67. The minimum absolute atomic E-state index is 0.0298. The fourth-order valence-electron chi connectivity index (χ4n) is 3.35. The Morgan fingerprint density at radius 2 is 1.95 bits per heavy atom. The van der Waals surface area contributed by atoms with E-state index in [2.05, 4.69) is 5.32 Å². The van der Waals surface area contributed by atoms with Gasteiger partial charge in [0.1, 0.15) is 6.54 Å². The van der Waals surface area contributed by atoms with Crippen LogP contribution in [0.4, 0.5) is 13.2 Å². The highest BCUT2D eigenvalue weighted by Crippen LogP contribution is 2.41. The third kappa shape index (κ3) is 3.52. The second-order valence-corrected chi connectivity index (χ2v) is 6.86. The Morgan fingerprint density at radius 3 is 2.33 bits per heavy atom. The molecule has 1 heterocycles. The maximum Gasteiger partial charge on any atom is 0.406 e. The lowest BCUT2D eigenvalue weighted by molar-refractivity contribution is -0.173. The number of halogens is 3. The zero-order valence-electron chi connectivity index (χ0n) is 13.0. The Labute approximate surface area is 124 Å². The molecule has 2 rings (SSSR count). The number of hydrogen-bond donors (Lipinski definition) is 1. The summed E-state index contributed by atoms with van der Waals surface area (Å²) >= 11 is 0. The summed E-state index contributed by atoms with van der Waals surface area (Å²) in [4.78, 5) is 14.0. The summed E-state index contributed by atoms with van der Waals surface area (Å²) < 4.78 is 38.7. The van der Waals surface area contributed by atoms with Crippen LogP contribution in [0, 0.1) is 17.3 Å². The molecule has 2 aliphatic rings. The SMILES string of the molecule is CC(C1CC1)N(CC(F)(F)F)C(=O)C1(C(C)C)CCNC1. The number of hydrogen-bond acceptors (Lipinski definition) is 2. The molecule has 1 N–H and O–H groups in total. The lowest BCUT2D eigenvalue weighted by atomic mass is 9.75. The number of carbonyl (C=O) groups excluding carboxylic acids is 1. The topological polar surface area (TPSA) is 32.3 Å². The van der Waals surface area contributed by atoms with Crippen molar-refractivity contribution in [3.63, 3.8) is 0 Å². The van der Waals surface area contributed by atoms with E-state index in [1.54, 1.807) is 6.92 Å². The average Bonchev–Trinajstić information content (AvgIpc) is 3.10. The smallest absolute Gasteiger partial charge is 0.330 e. The molecule has 1 aliphatic carbocycles. The summed E-state index contributed by atoms with van der Waals surface area (Å²) in [6.07, 6.45) is -1.87. The average molecular weight is 306 g/mol. The zero-order chi connectivity index (χ0) is 15.8. The minimum atomic E-state index is -4.34. The molecule has 122 valence electrons. The van der Waals surface area contributed by atoms with Gasteiger partial charge in [-0.25, -0.2) is 0 Å². The maximum absolute atomic E-state index is 12.9. The van der Waals surface area contributed by atoms with Gasteiger partial charge >= 0.3 is 6.18 Å². The van der Waals surface area contributed by atoms with Crippen LogP contribution in [0.25, 0.3) is 0 Å². The molecule has 0 aromatic carbocycles. The van der Waals surface area contributed by atoms with Crippen LogP contribution in [-0.2, 0) is 4.79 Å². The zero-order valence-corrected chi connectivity index (χ0v) is 13.0. The quantitative estimate of drug-likeness (QED) is 0.847. The first kappa shape index (κ1) is 16.6. The number of nitrogens with one attached hydrogen (secondary N) is 1. The van der Waals surface area contributed by atoms with Crippen molar-refractivity contribution in [2.75, 3.05) is 19.6 Å². The standard InChI is InChI=1S/C15H25F3N2O/c1-10(2)14(6-7-19-8-14)13(21)20(9-15(16,17)18)11(3)12-4-5-12/h10-12,19H,4-9H2,1-3H3. The van der Waals surface area contributed by atoms with Gasteiger partial charge in [-0.2, -0.15) is 13.2 Å². The molecule has 1 aliphatic heterocycles. The monoisotopic (exact) mass is 306 g/mol.